The molecular formula is C20H37NO2. The van der Waals surface area contributed by atoms with Crippen LogP contribution in [0.2, 0.25) is 0 Å². The van der Waals surface area contributed by atoms with Gasteiger partial charge < -0.3 is 9.84 Å². The summed E-state index contributed by atoms with van der Waals surface area (Å²) in [6.07, 6.45) is 7.73. The fourth-order valence-corrected chi connectivity index (χ4v) is 6.01. The highest BCUT2D eigenvalue weighted by molar-refractivity contribution is 5.09. The van der Waals surface area contributed by atoms with Crippen molar-refractivity contribution in [2.24, 2.45) is 16.7 Å². The number of ether oxygens (including phenoxy) is 1. The van der Waals surface area contributed by atoms with Crippen LogP contribution in [0.4, 0.5) is 0 Å². The van der Waals surface area contributed by atoms with Crippen LogP contribution in [0.15, 0.2) is 0 Å². The molecule has 23 heavy (non-hydrogen) atoms. The van der Waals surface area contributed by atoms with Gasteiger partial charge in [0.1, 0.15) is 0 Å². The average molecular weight is 324 g/mol. The van der Waals surface area contributed by atoms with Crippen LogP contribution in [-0.2, 0) is 4.74 Å². The summed E-state index contributed by atoms with van der Waals surface area (Å²) in [6, 6.07) is 1.18. The Hall–Kier alpha value is -0.120. The molecule has 3 heteroatoms. The highest BCUT2D eigenvalue weighted by Gasteiger charge is 2.60. The molecule has 3 rings (SSSR count). The number of aliphatic hydroxyl groups is 1. The number of hydrogen-bond acceptors (Lipinski definition) is 3. The van der Waals surface area contributed by atoms with Crippen molar-refractivity contribution in [3.63, 3.8) is 0 Å². The topological polar surface area (TPSA) is 32.7 Å². The van der Waals surface area contributed by atoms with Crippen LogP contribution < -0.4 is 0 Å². The minimum absolute atomic E-state index is 0.262. The largest absolute Gasteiger partial charge is 0.389 e. The molecule has 6 atom stereocenters. The summed E-state index contributed by atoms with van der Waals surface area (Å²) in [7, 11) is 0. The lowest BCUT2D eigenvalue weighted by molar-refractivity contribution is -0.116. The second-order valence-corrected chi connectivity index (χ2v) is 9.61. The minimum atomic E-state index is -0.364. The Kier molecular flexibility index (Phi) is 4.85. The Balaban J connectivity index is 1.54. The predicted octanol–water partition coefficient (Wildman–Crippen LogP) is 3.84. The maximum Gasteiger partial charge on any atom is 0.0900 e. The van der Waals surface area contributed by atoms with Crippen LogP contribution in [0.25, 0.3) is 0 Å². The van der Waals surface area contributed by atoms with Crippen LogP contribution in [0, 0.1) is 16.7 Å². The maximum absolute atomic E-state index is 10.6. The van der Waals surface area contributed by atoms with Gasteiger partial charge in [-0.05, 0) is 62.7 Å². The number of aliphatic hydroxyl groups excluding tert-OH is 1. The number of hydrogen-bond donors (Lipinski definition) is 1. The Morgan fingerprint density at radius 2 is 1.78 bits per heavy atom. The van der Waals surface area contributed by atoms with Crippen molar-refractivity contribution in [1.29, 1.82) is 0 Å². The van der Waals surface area contributed by atoms with E-state index in [0.29, 0.717) is 30.2 Å². The van der Waals surface area contributed by atoms with Crippen LogP contribution in [-0.4, -0.2) is 47.4 Å². The van der Waals surface area contributed by atoms with E-state index in [1.54, 1.807) is 0 Å². The first-order valence-electron chi connectivity index (χ1n) is 9.79. The van der Waals surface area contributed by atoms with Gasteiger partial charge in [-0.2, -0.15) is 0 Å². The van der Waals surface area contributed by atoms with E-state index in [2.05, 4.69) is 39.5 Å². The molecule has 3 aliphatic rings. The van der Waals surface area contributed by atoms with Crippen molar-refractivity contribution in [2.75, 3.05) is 13.2 Å². The van der Waals surface area contributed by atoms with Gasteiger partial charge in [-0.3, -0.25) is 4.90 Å². The Labute approximate surface area is 142 Å². The van der Waals surface area contributed by atoms with Crippen LogP contribution >= 0.6 is 0 Å². The molecule has 3 nitrogen and oxygen atoms in total. The molecular weight excluding hydrogens is 286 g/mol. The molecule has 2 bridgehead atoms. The van der Waals surface area contributed by atoms with Crippen LogP contribution in [0.1, 0.15) is 73.1 Å². The van der Waals surface area contributed by atoms with E-state index in [4.69, 9.17) is 4.74 Å². The first kappa shape index (κ1) is 17.7. The normalized spacial score (nSPS) is 44.6. The van der Waals surface area contributed by atoms with Gasteiger partial charge in [-0.25, -0.2) is 0 Å². The standard InChI is InChI=1S/C20H37NO2/c1-14-7-6-8-15(2)21(14)12-17(22)13-23-18-19(3,4)16-9-10-20(18,5)11-16/h14-18,22H,6-13H2,1-5H3/t14-,15+,16-,17+,18-,20-/m1/s1. The van der Waals surface area contributed by atoms with Gasteiger partial charge in [0.05, 0.1) is 18.8 Å². The molecule has 134 valence electrons. The summed E-state index contributed by atoms with van der Waals surface area (Å²) in [5, 5.41) is 10.6. The quantitative estimate of drug-likeness (QED) is 0.834. The highest BCUT2D eigenvalue weighted by Crippen LogP contribution is 2.63. The first-order valence-corrected chi connectivity index (χ1v) is 9.79. The molecule has 0 spiro atoms. The summed E-state index contributed by atoms with van der Waals surface area (Å²) < 4.78 is 6.35. The second kappa shape index (κ2) is 6.31. The summed E-state index contributed by atoms with van der Waals surface area (Å²) in [5.74, 6) is 0.803. The van der Waals surface area contributed by atoms with E-state index < -0.39 is 0 Å². The Morgan fingerprint density at radius 1 is 1.13 bits per heavy atom. The van der Waals surface area contributed by atoms with E-state index in [-0.39, 0.29) is 11.5 Å². The molecule has 0 unspecified atom stereocenters. The smallest absolute Gasteiger partial charge is 0.0900 e. The van der Waals surface area contributed by atoms with E-state index in [9.17, 15) is 5.11 Å². The zero-order chi connectivity index (χ0) is 16.8. The third-order valence-corrected chi connectivity index (χ3v) is 7.39. The number of rotatable bonds is 5. The fraction of sp³-hybridized carbons (Fsp3) is 1.00. The number of piperidine rings is 1. The number of nitrogens with zero attached hydrogens (tertiary/aromatic N) is 1. The average Bonchev–Trinajstić information content (AvgIpc) is 2.94. The minimum Gasteiger partial charge on any atom is -0.389 e. The van der Waals surface area contributed by atoms with Crippen molar-refractivity contribution in [3.8, 4) is 0 Å². The van der Waals surface area contributed by atoms with Crippen molar-refractivity contribution in [3.05, 3.63) is 0 Å². The molecule has 2 aliphatic carbocycles. The molecule has 0 aromatic rings. The van der Waals surface area contributed by atoms with E-state index in [0.717, 1.165) is 12.5 Å². The zero-order valence-corrected chi connectivity index (χ0v) is 15.8. The first-order chi connectivity index (χ1) is 10.7. The molecule has 0 radical (unpaired) electrons. The van der Waals surface area contributed by atoms with Crippen molar-refractivity contribution in [1.82, 2.24) is 4.90 Å². The highest BCUT2D eigenvalue weighted by atomic mass is 16.5. The van der Waals surface area contributed by atoms with Gasteiger partial charge in [0, 0.05) is 18.6 Å². The van der Waals surface area contributed by atoms with Gasteiger partial charge >= 0.3 is 0 Å². The van der Waals surface area contributed by atoms with Crippen LogP contribution in [0.5, 0.6) is 0 Å². The van der Waals surface area contributed by atoms with Gasteiger partial charge in [0.15, 0.2) is 0 Å². The Morgan fingerprint density at radius 3 is 2.35 bits per heavy atom. The number of β-amino-alcohol motifs (C(OH)–C–C–N with tert-alkyl or cyclic N) is 1. The monoisotopic (exact) mass is 323 g/mol. The van der Waals surface area contributed by atoms with Gasteiger partial charge in [-0.1, -0.05) is 27.2 Å². The second-order valence-electron chi connectivity index (χ2n) is 9.61. The van der Waals surface area contributed by atoms with E-state index >= 15 is 0 Å². The third-order valence-electron chi connectivity index (χ3n) is 7.39. The van der Waals surface area contributed by atoms with Crippen molar-refractivity contribution in [2.45, 2.75) is 97.4 Å². The summed E-state index contributed by atoms with van der Waals surface area (Å²) >= 11 is 0. The molecule has 1 N–H and O–H groups in total. The zero-order valence-electron chi connectivity index (χ0n) is 15.8. The summed E-state index contributed by atoms with van der Waals surface area (Å²) in [5.41, 5.74) is 0.595. The molecule has 0 aromatic carbocycles. The number of fused-ring (bicyclic) bond motifs is 2. The molecule has 0 aromatic heterocycles. The molecule has 1 heterocycles. The third kappa shape index (κ3) is 3.21. The molecule has 1 aliphatic heterocycles. The van der Waals surface area contributed by atoms with Crippen molar-refractivity contribution >= 4 is 0 Å². The maximum atomic E-state index is 10.6. The van der Waals surface area contributed by atoms with Crippen LogP contribution in [0.3, 0.4) is 0 Å². The van der Waals surface area contributed by atoms with Gasteiger partial charge in [-0.15, -0.1) is 0 Å². The fourth-order valence-electron chi connectivity index (χ4n) is 6.01. The Bertz CT molecular complexity index is 409. The number of likely N-dealkylation sites (tertiary alicyclic amines) is 1. The molecule has 0 amide bonds. The lowest BCUT2D eigenvalue weighted by Gasteiger charge is -2.43. The lowest BCUT2D eigenvalue weighted by atomic mass is 9.70. The van der Waals surface area contributed by atoms with Crippen molar-refractivity contribution < 1.29 is 9.84 Å². The summed E-state index contributed by atoms with van der Waals surface area (Å²) in [6.45, 7) is 13.0. The lowest BCUT2D eigenvalue weighted by Crippen LogP contribution is -2.49. The summed E-state index contributed by atoms with van der Waals surface area (Å²) in [4.78, 5) is 2.48. The van der Waals surface area contributed by atoms with Gasteiger partial charge in [0.2, 0.25) is 0 Å². The SMILES string of the molecule is C[C@@H]1CCC[C@H](C)N1C[C@H](O)CO[C@@H]1C(C)(C)[C@@H]2CC[C@]1(C)C2. The predicted molar refractivity (Wildman–Crippen MR) is 94.5 cm³/mol. The molecule has 3 fully saturated rings. The molecule has 2 saturated carbocycles. The van der Waals surface area contributed by atoms with E-state index in [1.807, 2.05) is 0 Å². The molecule has 1 saturated heterocycles. The van der Waals surface area contributed by atoms with Gasteiger partial charge in [0.25, 0.3) is 0 Å². The van der Waals surface area contributed by atoms with E-state index in [1.165, 1.54) is 38.5 Å².